The highest BCUT2D eigenvalue weighted by Gasteiger charge is 1.97. The van der Waals surface area contributed by atoms with Crippen LogP contribution in [0.2, 0.25) is 0 Å². The molecule has 1 aromatic heterocycles. The van der Waals surface area contributed by atoms with Crippen LogP contribution < -0.4 is 5.32 Å². The molecule has 0 radical (unpaired) electrons. The van der Waals surface area contributed by atoms with Gasteiger partial charge in [-0.2, -0.15) is 4.98 Å². The van der Waals surface area contributed by atoms with Gasteiger partial charge in [-0.25, -0.2) is 0 Å². The fourth-order valence-corrected chi connectivity index (χ4v) is 1.18. The summed E-state index contributed by atoms with van der Waals surface area (Å²) in [7, 11) is 1.69. The summed E-state index contributed by atoms with van der Waals surface area (Å²) in [6.07, 6.45) is 3.11. The third-order valence-electron chi connectivity index (χ3n) is 1.98. The highest BCUT2D eigenvalue weighted by atomic mass is 16.5. The molecule has 92 valence electrons. The maximum absolute atomic E-state index is 5.38. The number of aromatic nitrogens is 2. The molecule has 0 unspecified atom stereocenters. The number of hydrogen-bond acceptors (Lipinski definition) is 6. The van der Waals surface area contributed by atoms with E-state index in [1.54, 1.807) is 7.11 Å². The fourth-order valence-electron chi connectivity index (χ4n) is 1.18. The third kappa shape index (κ3) is 6.49. The van der Waals surface area contributed by atoms with Crippen molar-refractivity contribution in [3.8, 4) is 0 Å². The Morgan fingerprint density at radius 1 is 1.31 bits per heavy atom. The van der Waals surface area contributed by atoms with Gasteiger partial charge >= 0.3 is 0 Å². The molecule has 0 aliphatic rings. The van der Waals surface area contributed by atoms with Gasteiger partial charge in [-0.05, 0) is 6.42 Å². The number of methoxy groups -OCH3 is 1. The second-order valence-corrected chi connectivity index (χ2v) is 3.29. The van der Waals surface area contributed by atoms with Crippen molar-refractivity contribution >= 4 is 0 Å². The molecule has 6 heteroatoms. The molecule has 0 spiro atoms. The van der Waals surface area contributed by atoms with Crippen LogP contribution in [0.4, 0.5) is 0 Å². The lowest BCUT2D eigenvalue weighted by Gasteiger charge is -2.04. The molecule has 1 aromatic rings. The Balaban J connectivity index is 1.78. The smallest absolute Gasteiger partial charge is 0.227 e. The summed E-state index contributed by atoms with van der Waals surface area (Å²) < 4.78 is 15.1. The summed E-state index contributed by atoms with van der Waals surface area (Å²) in [5, 5.41) is 6.76. The van der Waals surface area contributed by atoms with Crippen molar-refractivity contribution in [3.05, 3.63) is 12.2 Å². The van der Waals surface area contributed by atoms with Crippen LogP contribution in [-0.2, 0) is 15.9 Å². The molecule has 0 saturated carbocycles. The lowest BCUT2D eigenvalue weighted by molar-refractivity contribution is 0.104. The first kappa shape index (κ1) is 13.1. The zero-order chi connectivity index (χ0) is 11.5. The zero-order valence-corrected chi connectivity index (χ0v) is 9.65. The van der Waals surface area contributed by atoms with Crippen LogP contribution in [0, 0.1) is 0 Å². The monoisotopic (exact) mass is 229 g/mol. The first-order valence-electron chi connectivity index (χ1n) is 5.46. The molecule has 6 nitrogen and oxygen atoms in total. The van der Waals surface area contributed by atoms with Crippen LogP contribution in [0.15, 0.2) is 10.9 Å². The van der Waals surface area contributed by atoms with Gasteiger partial charge in [0.1, 0.15) is 0 Å². The lowest BCUT2D eigenvalue weighted by atomic mass is 10.4. The Labute approximate surface area is 95.3 Å². The summed E-state index contributed by atoms with van der Waals surface area (Å²) in [4.78, 5) is 3.92. The van der Waals surface area contributed by atoms with Crippen LogP contribution in [0.5, 0.6) is 0 Å². The number of nitrogens with one attached hydrogen (secondary N) is 1. The van der Waals surface area contributed by atoms with Gasteiger partial charge in [0.2, 0.25) is 5.89 Å². The van der Waals surface area contributed by atoms with E-state index in [1.165, 1.54) is 6.33 Å². The Hall–Kier alpha value is -0.980. The molecule has 0 fully saturated rings. The number of nitrogens with zero attached hydrogens (tertiary/aromatic N) is 2. The maximum Gasteiger partial charge on any atom is 0.227 e. The normalized spacial score (nSPS) is 10.8. The maximum atomic E-state index is 5.38. The summed E-state index contributed by atoms with van der Waals surface area (Å²) in [6, 6.07) is 0. The van der Waals surface area contributed by atoms with E-state index in [1.807, 2.05) is 0 Å². The van der Waals surface area contributed by atoms with E-state index in [9.17, 15) is 0 Å². The Morgan fingerprint density at radius 2 is 2.25 bits per heavy atom. The second-order valence-electron chi connectivity index (χ2n) is 3.29. The van der Waals surface area contributed by atoms with E-state index in [0.29, 0.717) is 12.5 Å². The molecule has 0 aliphatic heterocycles. The fraction of sp³-hybridized carbons (Fsp3) is 0.800. The first-order valence-corrected chi connectivity index (χ1v) is 5.46. The van der Waals surface area contributed by atoms with E-state index < -0.39 is 0 Å². The summed E-state index contributed by atoms with van der Waals surface area (Å²) in [5.74, 6) is 0.661. The van der Waals surface area contributed by atoms with Gasteiger partial charge in [0.05, 0.1) is 6.61 Å². The average molecular weight is 229 g/mol. The highest BCUT2D eigenvalue weighted by Crippen LogP contribution is 1.90. The Kier molecular flexibility index (Phi) is 7.57. The van der Waals surface area contributed by atoms with Crippen molar-refractivity contribution in [1.82, 2.24) is 15.5 Å². The van der Waals surface area contributed by atoms with Crippen LogP contribution >= 0.6 is 0 Å². The minimum absolute atomic E-state index is 0.661. The van der Waals surface area contributed by atoms with Crippen LogP contribution in [0.1, 0.15) is 12.3 Å². The van der Waals surface area contributed by atoms with Crippen molar-refractivity contribution in [2.45, 2.75) is 12.8 Å². The standard InChI is InChI=1S/C10H19N3O3/c1-14-6-2-7-15-8-5-11-4-3-10-12-9-13-16-10/h9,11H,2-8H2,1H3. The zero-order valence-electron chi connectivity index (χ0n) is 9.65. The minimum atomic E-state index is 0.661. The van der Waals surface area contributed by atoms with Gasteiger partial charge in [0, 0.05) is 39.8 Å². The van der Waals surface area contributed by atoms with E-state index in [0.717, 1.165) is 39.1 Å². The van der Waals surface area contributed by atoms with Gasteiger partial charge in [-0.1, -0.05) is 5.16 Å². The molecular formula is C10H19N3O3. The highest BCUT2D eigenvalue weighted by molar-refractivity contribution is 4.74. The minimum Gasteiger partial charge on any atom is -0.385 e. The molecular weight excluding hydrogens is 210 g/mol. The molecule has 0 amide bonds. The van der Waals surface area contributed by atoms with Gasteiger partial charge in [0.25, 0.3) is 0 Å². The number of ether oxygens (including phenoxy) is 2. The molecule has 1 N–H and O–H groups in total. The molecule has 1 rings (SSSR count). The topological polar surface area (TPSA) is 69.4 Å². The third-order valence-corrected chi connectivity index (χ3v) is 1.98. The van der Waals surface area contributed by atoms with Gasteiger partial charge < -0.3 is 19.3 Å². The molecule has 0 aliphatic carbocycles. The Morgan fingerprint density at radius 3 is 3.00 bits per heavy atom. The van der Waals surface area contributed by atoms with Crippen molar-refractivity contribution < 1.29 is 14.0 Å². The van der Waals surface area contributed by atoms with E-state index in [-0.39, 0.29) is 0 Å². The van der Waals surface area contributed by atoms with Crippen molar-refractivity contribution in [2.24, 2.45) is 0 Å². The number of rotatable bonds is 10. The van der Waals surface area contributed by atoms with Crippen molar-refractivity contribution in [3.63, 3.8) is 0 Å². The summed E-state index contributed by atoms with van der Waals surface area (Å²) in [5.41, 5.74) is 0. The van der Waals surface area contributed by atoms with Crippen molar-refractivity contribution in [2.75, 3.05) is 40.0 Å². The Bertz CT molecular complexity index is 241. The van der Waals surface area contributed by atoms with Crippen LogP contribution in [-0.4, -0.2) is 50.2 Å². The SMILES string of the molecule is COCCCOCCNCCc1ncno1. The molecule has 1 heterocycles. The lowest BCUT2D eigenvalue weighted by Crippen LogP contribution is -2.22. The molecule has 0 bridgehead atoms. The molecule has 0 aromatic carbocycles. The first-order chi connectivity index (χ1) is 7.93. The van der Waals surface area contributed by atoms with Crippen molar-refractivity contribution in [1.29, 1.82) is 0 Å². The predicted octanol–water partition coefficient (Wildman–Crippen LogP) is 0.255. The molecule has 0 saturated heterocycles. The summed E-state index contributed by atoms with van der Waals surface area (Å²) >= 11 is 0. The van der Waals surface area contributed by atoms with E-state index in [2.05, 4.69) is 15.5 Å². The van der Waals surface area contributed by atoms with Crippen LogP contribution in [0.25, 0.3) is 0 Å². The summed E-state index contributed by atoms with van der Waals surface area (Å²) in [6.45, 7) is 3.88. The predicted molar refractivity (Wildman–Crippen MR) is 58.2 cm³/mol. The van der Waals surface area contributed by atoms with Gasteiger partial charge in [-0.3, -0.25) is 0 Å². The number of hydrogen-bond donors (Lipinski definition) is 1. The quantitative estimate of drug-likeness (QED) is 0.580. The largest absolute Gasteiger partial charge is 0.385 e. The average Bonchev–Trinajstić information content (AvgIpc) is 2.80. The van der Waals surface area contributed by atoms with Gasteiger partial charge in [-0.15, -0.1) is 0 Å². The van der Waals surface area contributed by atoms with E-state index in [4.69, 9.17) is 14.0 Å². The second kappa shape index (κ2) is 9.26. The van der Waals surface area contributed by atoms with E-state index >= 15 is 0 Å². The molecule has 0 atom stereocenters. The van der Waals surface area contributed by atoms with Gasteiger partial charge in [0.15, 0.2) is 6.33 Å². The molecule has 16 heavy (non-hydrogen) atoms. The van der Waals surface area contributed by atoms with Crippen LogP contribution in [0.3, 0.4) is 0 Å².